The average molecular weight is 663 g/mol. The highest BCUT2D eigenvalue weighted by Gasteiger charge is 2.14. The number of hydrogen-bond donors (Lipinski definition) is 2. The van der Waals surface area contributed by atoms with Crippen molar-refractivity contribution in [2.24, 2.45) is 5.73 Å². The van der Waals surface area contributed by atoms with Crippen molar-refractivity contribution in [2.75, 3.05) is 98.0 Å². The van der Waals surface area contributed by atoms with Crippen LogP contribution >= 0.6 is 0 Å². The van der Waals surface area contributed by atoms with Crippen molar-refractivity contribution in [3.63, 3.8) is 0 Å². The van der Waals surface area contributed by atoms with Gasteiger partial charge in [0.05, 0.1) is 52.9 Å². The van der Waals surface area contributed by atoms with Gasteiger partial charge in [-0.3, -0.25) is 0 Å². The fourth-order valence-electron chi connectivity index (χ4n) is 5.91. The maximum atomic E-state index is 5.89. The molecule has 1 unspecified atom stereocenters. The Balaban J connectivity index is 1.10. The minimum atomic E-state index is 0.495. The molecule has 264 valence electrons. The third-order valence-electron chi connectivity index (χ3n) is 8.62. The van der Waals surface area contributed by atoms with Gasteiger partial charge in [0.1, 0.15) is 18.2 Å². The molecule has 0 saturated heterocycles. The van der Waals surface area contributed by atoms with Crippen molar-refractivity contribution in [3.8, 4) is 16.9 Å². The summed E-state index contributed by atoms with van der Waals surface area (Å²) in [5.41, 5.74) is 11.8. The van der Waals surface area contributed by atoms with Gasteiger partial charge in [0.2, 0.25) is 0 Å². The number of likely N-dealkylation sites (N-methyl/N-ethyl adjacent to an activating group) is 1. The Labute approximate surface area is 288 Å². The van der Waals surface area contributed by atoms with Crippen LogP contribution in [-0.4, -0.2) is 103 Å². The van der Waals surface area contributed by atoms with E-state index < -0.39 is 0 Å². The van der Waals surface area contributed by atoms with Crippen LogP contribution < -0.4 is 15.8 Å². The first-order chi connectivity index (χ1) is 23.7. The summed E-state index contributed by atoms with van der Waals surface area (Å²) in [5, 5.41) is 3.46. The molecule has 3 aromatic rings. The van der Waals surface area contributed by atoms with Crippen LogP contribution in [0.2, 0.25) is 0 Å². The second-order valence-corrected chi connectivity index (χ2v) is 12.4. The molecule has 0 aliphatic carbocycles. The second kappa shape index (κ2) is 22.6. The zero-order valence-corrected chi connectivity index (χ0v) is 29.3. The first-order valence-electron chi connectivity index (χ1n) is 17.9. The Bertz CT molecular complexity index is 1290. The summed E-state index contributed by atoms with van der Waals surface area (Å²) >= 11 is 0. The van der Waals surface area contributed by atoms with Crippen LogP contribution in [0.4, 0.5) is 5.82 Å². The van der Waals surface area contributed by atoms with Gasteiger partial charge in [-0.05, 0) is 98.5 Å². The SMILES string of the molecule is CCC(CN(C)CCCCc1ccc2c(n1)NCCC2)c1cccc(-c2ccc(OCCOCCOCCOCCOCCN)cc2)c1. The lowest BCUT2D eigenvalue weighted by Gasteiger charge is -2.24. The minimum Gasteiger partial charge on any atom is -0.491 e. The van der Waals surface area contributed by atoms with Crippen molar-refractivity contribution in [1.29, 1.82) is 0 Å². The number of ether oxygens (including phenoxy) is 5. The van der Waals surface area contributed by atoms with Gasteiger partial charge in [-0.1, -0.05) is 49.4 Å². The predicted molar refractivity (Wildman–Crippen MR) is 194 cm³/mol. The van der Waals surface area contributed by atoms with Gasteiger partial charge in [0, 0.05) is 25.3 Å². The number of unbranched alkanes of at least 4 members (excludes halogenated alkanes) is 1. The van der Waals surface area contributed by atoms with Crippen LogP contribution in [-0.2, 0) is 31.8 Å². The van der Waals surface area contributed by atoms with Crippen LogP contribution in [0.15, 0.2) is 60.7 Å². The Kier molecular flexibility index (Phi) is 17.7. The van der Waals surface area contributed by atoms with Gasteiger partial charge in [-0.25, -0.2) is 4.98 Å². The number of nitrogens with two attached hydrogens (primary N) is 1. The molecule has 0 fully saturated rings. The number of aromatic nitrogens is 1. The van der Waals surface area contributed by atoms with E-state index in [0.717, 1.165) is 56.9 Å². The summed E-state index contributed by atoms with van der Waals surface area (Å²) in [5.74, 6) is 2.44. The Hall–Kier alpha value is -3.05. The van der Waals surface area contributed by atoms with E-state index in [-0.39, 0.29) is 0 Å². The quantitative estimate of drug-likeness (QED) is 0.107. The van der Waals surface area contributed by atoms with Crippen molar-refractivity contribution in [3.05, 3.63) is 77.5 Å². The molecular weight excluding hydrogens is 604 g/mol. The molecule has 1 aromatic heterocycles. The third-order valence-corrected chi connectivity index (χ3v) is 8.62. The Morgan fingerprint density at radius 1 is 0.812 bits per heavy atom. The summed E-state index contributed by atoms with van der Waals surface area (Å²) in [6.45, 7) is 10.8. The molecule has 9 nitrogen and oxygen atoms in total. The molecule has 2 heterocycles. The maximum Gasteiger partial charge on any atom is 0.129 e. The van der Waals surface area contributed by atoms with Crippen molar-refractivity contribution in [2.45, 2.75) is 51.4 Å². The zero-order chi connectivity index (χ0) is 33.7. The van der Waals surface area contributed by atoms with Gasteiger partial charge in [0.25, 0.3) is 0 Å². The smallest absolute Gasteiger partial charge is 0.129 e. The number of nitrogens with one attached hydrogen (secondary N) is 1. The van der Waals surface area contributed by atoms with Crippen LogP contribution in [0.1, 0.15) is 55.3 Å². The summed E-state index contributed by atoms with van der Waals surface area (Å²) in [6, 6.07) is 21.8. The highest BCUT2D eigenvalue weighted by atomic mass is 16.6. The molecule has 0 bridgehead atoms. The van der Waals surface area contributed by atoms with Crippen LogP contribution in [0.25, 0.3) is 11.1 Å². The molecule has 48 heavy (non-hydrogen) atoms. The molecule has 1 aliphatic rings. The molecule has 0 saturated carbocycles. The summed E-state index contributed by atoms with van der Waals surface area (Å²) in [4.78, 5) is 7.35. The fourth-order valence-corrected chi connectivity index (χ4v) is 5.91. The van der Waals surface area contributed by atoms with E-state index in [0.29, 0.717) is 71.9 Å². The third kappa shape index (κ3) is 13.8. The zero-order valence-electron chi connectivity index (χ0n) is 29.3. The monoisotopic (exact) mass is 662 g/mol. The van der Waals surface area contributed by atoms with Gasteiger partial charge in [-0.2, -0.15) is 0 Å². The van der Waals surface area contributed by atoms with Gasteiger partial charge < -0.3 is 39.6 Å². The van der Waals surface area contributed by atoms with Gasteiger partial charge in [-0.15, -0.1) is 0 Å². The number of aryl methyl sites for hydroxylation is 2. The Morgan fingerprint density at radius 3 is 2.23 bits per heavy atom. The topological polar surface area (TPSA) is 100 Å². The highest BCUT2D eigenvalue weighted by molar-refractivity contribution is 5.65. The first-order valence-corrected chi connectivity index (χ1v) is 17.9. The van der Waals surface area contributed by atoms with E-state index in [4.69, 9.17) is 34.4 Å². The number of hydrogen-bond acceptors (Lipinski definition) is 9. The standard InChI is InChI=1S/C39H58N4O5/c1-3-32(31-43(2)20-5-4-11-37-15-12-34-10-7-19-41-39(34)42-37)35-8-6-9-36(30-35)33-13-16-38(17-14-33)48-29-28-47-27-26-46-25-24-45-23-22-44-21-18-40/h6,8-9,12-17,30,32H,3-5,7,10-11,18-29,31,40H2,1-2H3,(H,41,42). The molecule has 3 N–H and O–H groups in total. The van der Waals surface area contributed by atoms with E-state index in [2.05, 4.69) is 72.7 Å². The van der Waals surface area contributed by atoms with E-state index in [1.54, 1.807) is 0 Å². The van der Waals surface area contributed by atoms with Crippen LogP contribution in [0.3, 0.4) is 0 Å². The number of benzene rings is 2. The normalized spacial score (nSPS) is 13.3. The molecule has 1 atom stereocenters. The van der Waals surface area contributed by atoms with Crippen LogP contribution in [0, 0.1) is 0 Å². The van der Waals surface area contributed by atoms with E-state index >= 15 is 0 Å². The number of fused-ring (bicyclic) bond motifs is 1. The molecule has 1 aliphatic heterocycles. The second-order valence-electron chi connectivity index (χ2n) is 12.4. The maximum absolute atomic E-state index is 5.89. The number of pyridine rings is 1. The van der Waals surface area contributed by atoms with Gasteiger partial charge in [0.15, 0.2) is 0 Å². The van der Waals surface area contributed by atoms with E-state index in [9.17, 15) is 0 Å². The number of nitrogens with zero attached hydrogens (tertiary/aromatic N) is 2. The molecule has 0 radical (unpaired) electrons. The van der Waals surface area contributed by atoms with Gasteiger partial charge >= 0.3 is 0 Å². The largest absolute Gasteiger partial charge is 0.491 e. The summed E-state index contributed by atoms with van der Waals surface area (Å²) < 4.78 is 27.7. The summed E-state index contributed by atoms with van der Waals surface area (Å²) in [7, 11) is 2.26. The number of rotatable bonds is 25. The minimum absolute atomic E-state index is 0.495. The van der Waals surface area contributed by atoms with Crippen LogP contribution in [0.5, 0.6) is 5.75 Å². The van der Waals surface area contributed by atoms with E-state index in [1.165, 1.54) is 40.8 Å². The van der Waals surface area contributed by atoms with Crippen molar-refractivity contribution in [1.82, 2.24) is 9.88 Å². The summed E-state index contributed by atoms with van der Waals surface area (Å²) in [6.07, 6.45) is 6.84. The molecule has 9 heteroatoms. The lowest BCUT2D eigenvalue weighted by Crippen LogP contribution is -2.25. The lowest BCUT2D eigenvalue weighted by atomic mass is 9.92. The molecule has 4 rings (SSSR count). The van der Waals surface area contributed by atoms with Crippen molar-refractivity contribution >= 4 is 5.82 Å². The fraction of sp³-hybridized carbons (Fsp3) is 0.564. The van der Waals surface area contributed by atoms with Crippen molar-refractivity contribution < 1.29 is 23.7 Å². The van der Waals surface area contributed by atoms with E-state index in [1.807, 2.05) is 12.1 Å². The average Bonchev–Trinajstić information content (AvgIpc) is 3.12. The Morgan fingerprint density at radius 2 is 1.52 bits per heavy atom. The first kappa shape index (κ1) is 37.8. The molecular formula is C39H58N4O5. The highest BCUT2D eigenvalue weighted by Crippen LogP contribution is 2.28. The lowest BCUT2D eigenvalue weighted by molar-refractivity contribution is -0.00386. The predicted octanol–water partition coefficient (Wildman–Crippen LogP) is 5.96. The molecule has 0 spiro atoms. The molecule has 2 aromatic carbocycles. The molecule has 0 amide bonds. The number of anilines is 1.